The highest BCUT2D eigenvalue weighted by molar-refractivity contribution is 7.13. The minimum Gasteiger partial charge on any atom is -0.313 e. The third-order valence-electron chi connectivity index (χ3n) is 7.37. The standard InChI is InChI=1S/C32H44N6O2S/c1-22(2)34-14-15-38(27-16-24(13-12-23(27)3)31-35-28(21-41-31)32(4,5)6)30(40)18-33-17-29(39)36(7)37-19-25-10-8-9-11-26(25)20-37/h8-13,16,21-22,33-34H,14-15,17-20H2,1-7H3. The molecule has 0 aliphatic carbocycles. The molecule has 8 nitrogen and oxygen atoms in total. The van der Waals surface area contributed by atoms with Crippen molar-refractivity contribution in [3.63, 3.8) is 0 Å². The molecule has 1 aliphatic rings. The quantitative estimate of drug-likeness (QED) is 0.344. The Morgan fingerprint density at radius 1 is 1.05 bits per heavy atom. The van der Waals surface area contributed by atoms with Crippen LogP contribution in [0.4, 0.5) is 5.69 Å². The van der Waals surface area contributed by atoms with Crippen LogP contribution in [-0.4, -0.2) is 66.1 Å². The molecule has 0 saturated carbocycles. The second-order valence-corrected chi connectivity index (χ2v) is 12.9. The van der Waals surface area contributed by atoms with Gasteiger partial charge in [-0.15, -0.1) is 11.3 Å². The maximum Gasteiger partial charge on any atom is 0.250 e. The average Bonchev–Trinajstić information content (AvgIpc) is 3.59. The lowest BCUT2D eigenvalue weighted by Crippen LogP contribution is -2.47. The highest BCUT2D eigenvalue weighted by atomic mass is 32.1. The molecule has 41 heavy (non-hydrogen) atoms. The fraction of sp³-hybridized carbons (Fsp3) is 0.469. The Hall–Kier alpha value is -3.11. The Balaban J connectivity index is 1.43. The molecule has 0 atom stereocenters. The molecule has 0 bridgehead atoms. The monoisotopic (exact) mass is 576 g/mol. The number of aryl methyl sites for hydroxylation is 1. The van der Waals surface area contributed by atoms with Crippen molar-refractivity contribution < 1.29 is 9.59 Å². The summed E-state index contributed by atoms with van der Waals surface area (Å²) in [6.45, 7) is 15.4. The Bertz CT molecular complexity index is 1340. The number of hydrazine groups is 1. The number of anilines is 1. The van der Waals surface area contributed by atoms with Crippen LogP contribution in [0.25, 0.3) is 10.6 Å². The molecule has 2 aromatic carbocycles. The minimum atomic E-state index is -0.0747. The first kappa shape index (κ1) is 30.8. The molecule has 1 aromatic heterocycles. The molecule has 0 radical (unpaired) electrons. The number of likely N-dealkylation sites (N-methyl/N-ethyl adjacent to an activating group) is 1. The number of rotatable bonds is 11. The molecule has 0 unspecified atom stereocenters. The van der Waals surface area contributed by atoms with Gasteiger partial charge in [0.1, 0.15) is 5.01 Å². The van der Waals surface area contributed by atoms with Gasteiger partial charge in [0.15, 0.2) is 0 Å². The van der Waals surface area contributed by atoms with Crippen LogP contribution in [0.1, 0.15) is 57.0 Å². The Morgan fingerprint density at radius 3 is 2.32 bits per heavy atom. The number of fused-ring (bicyclic) bond motifs is 1. The Labute approximate surface area is 248 Å². The number of carbonyl (C=O) groups is 2. The van der Waals surface area contributed by atoms with Gasteiger partial charge in [0.2, 0.25) is 5.91 Å². The topological polar surface area (TPSA) is 80.8 Å². The zero-order valence-electron chi connectivity index (χ0n) is 25.5. The zero-order valence-corrected chi connectivity index (χ0v) is 26.3. The van der Waals surface area contributed by atoms with Crippen LogP contribution < -0.4 is 15.5 Å². The van der Waals surface area contributed by atoms with Gasteiger partial charge in [-0.25, -0.2) is 9.99 Å². The van der Waals surface area contributed by atoms with Crippen molar-refractivity contribution in [2.24, 2.45) is 0 Å². The lowest BCUT2D eigenvalue weighted by molar-refractivity contribution is -0.145. The van der Waals surface area contributed by atoms with Gasteiger partial charge in [0.25, 0.3) is 5.91 Å². The predicted molar refractivity (Wildman–Crippen MR) is 168 cm³/mol. The first-order valence-electron chi connectivity index (χ1n) is 14.3. The second kappa shape index (κ2) is 13.2. The lowest BCUT2D eigenvalue weighted by Gasteiger charge is -2.28. The molecule has 1 aliphatic heterocycles. The fourth-order valence-electron chi connectivity index (χ4n) is 4.80. The van der Waals surface area contributed by atoms with Crippen molar-refractivity contribution in [1.29, 1.82) is 0 Å². The molecule has 0 fully saturated rings. The van der Waals surface area contributed by atoms with Crippen LogP contribution in [0.15, 0.2) is 47.8 Å². The summed E-state index contributed by atoms with van der Waals surface area (Å²) in [5.74, 6) is -0.149. The van der Waals surface area contributed by atoms with E-state index in [0.29, 0.717) is 32.2 Å². The highest BCUT2D eigenvalue weighted by Crippen LogP contribution is 2.33. The van der Waals surface area contributed by atoms with E-state index in [0.717, 1.165) is 27.5 Å². The van der Waals surface area contributed by atoms with Gasteiger partial charge in [0.05, 0.1) is 18.8 Å². The molecule has 0 saturated heterocycles. The third-order valence-corrected chi connectivity index (χ3v) is 8.26. The van der Waals surface area contributed by atoms with Gasteiger partial charge >= 0.3 is 0 Å². The molecule has 9 heteroatoms. The normalized spacial score (nSPS) is 13.5. The molecule has 2 N–H and O–H groups in total. The summed E-state index contributed by atoms with van der Waals surface area (Å²) in [5, 5.41) is 13.3. The first-order valence-corrected chi connectivity index (χ1v) is 15.2. The van der Waals surface area contributed by atoms with Crippen LogP contribution in [0.2, 0.25) is 0 Å². The van der Waals surface area contributed by atoms with Gasteiger partial charge < -0.3 is 10.2 Å². The van der Waals surface area contributed by atoms with Crippen molar-refractivity contribution in [3.8, 4) is 10.6 Å². The van der Waals surface area contributed by atoms with E-state index in [1.54, 1.807) is 23.4 Å². The van der Waals surface area contributed by atoms with Gasteiger partial charge in [-0.3, -0.25) is 19.9 Å². The Morgan fingerprint density at radius 2 is 1.71 bits per heavy atom. The van der Waals surface area contributed by atoms with E-state index in [4.69, 9.17) is 4.98 Å². The summed E-state index contributed by atoms with van der Waals surface area (Å²) in [6.07, 6.45) is 0. The number of benzene rings is 2. The molecule has 4 rings (SSSR count). The molecule has 0 spiro atoms. The minimum absolute atomic E-state index is 0.0251. The molecule has 2 heterocycles. The Kier molecular flexibility index (Phi) is 9.96. The van der Waals surface area contributed by atoms with Crippen LogP contribution in [0, 0.1) is 6.92 Å². The lowest BCUT2D eigenvalue weighted by atomic mass is 9.93. The predicted octanol–water partition coefficient (Wildman–Crippen LogP) is 4.73. The largest absolute Gasteiger partial charge is 0.313 e. The van der Waals surface area contributed by atoms with Gasteiger partial charge in [0, 0.05) is 61.3 Å². The molecule has 3 aromatic rings. The zero-order chi connectivity index (χ0) is 29.7. The van der Waals surface area contributed by atoms with E-state index in [2.05, 4.69) is 81.0 Å². The number of carbonyl (C=O) groups excluding carboxylic acids is 2. The highest BCUT2D eigenvalue weighted by Gasteiger charge is 2.25. The summed E-state index contributed by atoms with van der Waals surface area (Å²) in [4.78, 5) is 33.3. The summed E-state index contributed by atoms with van der Waals surface area (Å²) in [6, 6.07) is 14.8. The van der Waals surface area contributed by atoms with Crippen molar-refractivity contribution in [1.82, 2.24) is 25.6 Å². The van der Waals surface area contributed by atoms with E-state index < -0.39 is 0 Å². The smallest absolute Gasteiger partial charge is 0.250 e. The van der Waals surface area contributed by atoms with E-state index in [1.165, 1.54) is 11.1 Å². The molecule has 220 valence electrons. The van der Waals surface area contributed by atoms with Gasteiger partial charge in [-0.05, 0) is 29.7 Å². The molecular formula is C32H44N6O2S. The number of hydrogen-bond acceptors (Lipinski definition) is 7. The van der Waals surface area contributed by atoms with Crippen molar-refractivity contribution in [2.45, 2.75) is 66.1 Å². The maximum atomic E-state index is 13.6. The van der Waals surface area contributed by atoms with Crippen molar-refractivity contribution in [2.75, 3.05) is 38.1 Å². The second-order valence-electron chi connectivity index (χ2n) is 12.1. The first-order chi connectivity index (χ1) is 19.4. The van der Waals surface area contributed by atoms with E-state index in [1.807, 2.05) is 29.0 Å². The maximum absolute atomic E-state index is 13.6. The van der Waals surface area contributed by atoms with Crippen LogP contribution in [0.3, 0.4) is 0 Å². The van der Waals surface area contributed by atoms with Crippen LogP contribution in [-0.2, 0) is 28.1 Å². The number of aromatic nitrogens is 1. The van der Waals surface area contributed by atoms with E-state index >= 15 is 0 Å². The third kappa shape index (κ3) is 7.80. The summed E-state index contributed by atoms with van der Waals surface area (Å²) >= 11 is 1.63. The number of nitrogens with zero attached hydrogens (tertiary/aromatic N) is 4. The fourth-order valence-corrected chi connectivity index (χ4v) is 5.84. The van der Waals surface area contributed by atoms with E-state index in [9.17, 15) is 9.59 Å². The molecule has 2 amide bonds. The van der Waals surface area contributed by atoms with E-state index in [-0.39, 0.29) is 30.3 Å². The number of hydrogen-bond donors (Lipinski definition) is 2. The van der Waals surface area contributed by atoms with Gasteiger partial charge in [-0.2, -0.15) is 0 Å². The summed E-state index contributed by atoms with van der Waals surface area (Å²) < 4.78 is 0. The van der Waals surface area contributed by atoms with Crippen molar-refractivity contribution in [3.05, 3.63) is 70.2 Å². The van der Waals surface area contributed by atoms with Crippen LogP contribution >= 0.6 is 11.3 Å². The number of nitrogens with one attached hydrogen (secondary N) is 2. The summed E-state index contributed by atoms with van der Waals surface area (Å²) in [7, 11) is 1.79. The summed E-state index contributed by atoms with van der Waals surface area (Å²) in [5.41, 5.74) is 6.40. The SMILES string of the molecule is Cc1ccc(-c2nc(C(C)(C)C)cs2)cc1N(CCNC(C)C)C(=O)CNCC(=O)N(C)N1Cc2ccccc2C1. The average molecular weight is 577 g/mol. The van der Waals surface area contributed by atoms with Gasteiger partial charge in [-0.1, -0.05) is 71.0 Å². The number of thiazole rings is 1. The van der Waals surface area contributed by atoms with Crippen LogP contribution in [0.5, 0.6) is 0 Å². The molecular weight excluding hydrogens is 532 g/mol. The van der Waals surface area contributed by atoms with Crippen molar-refractivity contribution >= 4 is 28.8 Å². The number of amides is 2.